The van der Waals surface area contributed by atoms with E-state index < -0.39 is 10.0 Å². The Morgan fingerprint density at radius 3 is 2.57 bits per heavy atom. The lowest BCUT2D eigenvalue weighted by atomic mass is 10.2. The molecule has 2 N–H and O–H groups in total. The summed E-state index contributed by atoms with van der Waals surface area (Å²) in [6.45, 7) is 4.93. The van der Waals surface area contributed by atoms with Crippen LogP contribution in [0.3, 0.4) is 0 Å². The molecule has 0 spiro atoms. The van der Waals surface area contributed by atoms with Gasteiger partial charge in [0.05, 0.1) is 11.5 Å². The fraction of sp³-hybridized carbons (Fsp3) is 0.571. The molecular weight excluding hydrogens is 356 g/mol. The van der Waals surface area contributed by atoms with Crippen molar-refractivity contribution in [3.63, 3.8) is 0 Å². The van der Waals surface area contributed by atoms with Gasteiger partial charge in [0.2, 0.25) is 10.0 Å². The van der Waals surface area contributed by atoms with Crippen LogP contribution in [0, 0.1) is 0 Å². The number of rotatable bonds is 8. The number of ether oxygens (including phenoxy) is 1. The molecule has 0 aliphatic rings. The van der Waals surface area contributed by atoms with Gasteiger partial charge in [-0.05, 0) is 47.0 Å². The van der Waals surface area contributed by atoms with Crippen LogP contribution in [-0.4, -0.2) is 39.0 Å². The summed E-state index contributed by atoms with van der Waals surface area (Å²) < 4.78 is 32.8. The largest absolute Gasteiger partial charge is 0.383 e. The van der Waals surface area contributed by atoms with E-state index in [9.17, 15) is 8.42 Å². The number of hydrogen-bond donors (Lipinski definition) is 1. The van der Waals surface area contributed by atoms with Crippen LogP contribution in [0.2, 0.25) is 0 Å². The van der Waals surface area contributed by atoms with Gasteiger partial charge in [-0.3, -0.25) is 0 Å². The van der Waals surface area contributed by atoms with Crippen LogP contribution in [0.25, 0.3) is 0 Å². The van der Waals surface area contributed by atoms with Gasteiger partial charge in [0.15, 0.2) is 0 Å². The Morgan fingerprint density at radius 1 is 1.43 bits per heavy atom. The van der Waals surface area contributed by atoms with Gasteiger partial charge in [-0.1, -0.05) is 13.0 Å². The second-order valence-electron chi connectivity index (χ2n) is 4.83. The predicted molar refractivity (Wildman–Crippen MR) is 87.6 cm³/mol. The van der Waals surface area contributed by atoms with Gasteiger partial charge < -0.3 is 10.5 Å². The smallest absolute Gasteiger partial charge is 0.244 e. The SMILES string of the molecule is CCC(C)N(CCOC)S(=O)(=O)c1ccc(CN)cc1Br. The van der Waals surface area contributed by atoms with Crippen LogP contribution in [0.5, 0.6) is 0 Å². The van der Waals surface area contributed by atoms with E-state index in [1.807, 2.05) is 13.8 Å². The fourth-order valence-electron chi connectivity index (χ4n) is 1.97. The van der Waals surface area contributed by atoms with E-state index in [1.54, 1.807) is 25.3 Å². The Bertz CT molecular complexity index is 563. The zero-order chi connectivity index (χ0) is 16.0. The maximum Gasteiger partial charge on any atom is 0.244 e. The molecule has 0 fully saturated rings. The molecule has 0 aromatic heterocycles. The monoisotopic (exact) mass is 378 g/mol. The molecule has 1 unspecified atom stereocenters. The number of nitrogens with two attached hydrogens (primary N) is 1. The second-order valence-corrected chi connectivity index (χ2v) is 7.55. The quantitative estimate of drug-likeness (QED) is 0.753. The lowest BCUT2D eigenvalue weighted by Crippen LogP contribution is -2.40. The molecule has 1 aromatic carbocycles. The number of halogens is 1. The van der Waals surface area contributed by atoms with E-state index in [0.29, 0.717) is 24.2 Å². The van der Waals surface area contributed by atoms with Crippen LogP contribution < -0.4 is 5.73 Å². The molecule has 7 heteroatoms. The first-order valence-electron chi connectivity index (χ1n) is 6.87. The molecule has 5 nitrogen and oxygen atoms in total. The topological polar surface area (TPSA) is 72.6 Å². The lowest BCUT2D eigenvalue weighted by Gasteiger charge is -2.28. The first-order valence-corrected chi connectivity index (χ1v) is 9.11. The molecule has 21 heavy (non-hydrogen) atoms. The molecule has 1 aromatic rings. The third-order valence-electron chi connectivity index (χ3n) is 3.42. The maximum absolute atomic E-state index is 12.9. The summed E-state index contributed by atoms with van der Waals surface area (Å²) in [5.74, 6) is 0. The Morgan fingerprint density at radius 2 is 2.10 bits per heavy atom. The van der Waals surface area contributed by atoms with Crippen molar-refractivity contribution in [3.8, 4) is 0 Å². The molecule has 0 bridgehead atoms. The van der Waals surface area contributed by atoms with Gasteiger partial charge in [0, 0.05) is 30.7 Å². The minimum atomic E-state index is -3.57. The summed E-state index contributed by atoms with van der Waals surface area (Å²) in [7, 11) is -2.01. The number of benzene rings is 1. The van der Waals surface area contributed by atoms with Gasteiger partial charge >= 0.3 is 0 Å². The summed E-state index contributed by atoms with van der Waals surface area (Å²) in [6, 6.07) is 5.00. The fourth-order valence-corrected chi connectivity index (χ4v) is 4.74. The molecule has 1 rings (SSSR count). The molecule has 0 saturated carbocycles. The van der Waals surface area contributed by atoms with Crippen molar-refractivity contribution in [1.29, 1.82) is 0 Å². The predicted octanol–water partition coefficient (Wildman–Crippen LogP) is 2.34. The molecule has 1 atom stereocenters. The average molecular weight is 379 g/mol. The Balaban J connectivity index is 3.21. The Hall–Kier alpha value is -0.470. The highest BCUT2D eigenvalue weighted by Crippen LogP contribution is 2.27. The minimum absolute atomic E-state index is 0.0914. The third-order valence-corrected chi connectivity index (χ3v) is 6.41. The van der Waals surface area contributed by atoms with Gasteiger partial charge in [-0.25, -0.2) is 8.42 Å². The number of methoxy groups -OCH3 is 1. The molecular formula is C14H23BrN2O3S. The molecule has 0 radical (unpaired) electrons. The van der Waals surface area contributed by atoms with Crippen molar-refractivity contribution >= 4 is 26.0 Å². The standard InChI is InChI=1S/C14H23BrN2O3S/c1-4-11(2)17(7-8-20-3)21(18,19)14-6-5-12(10-16)9-13(14)15/h5-6,9,11H,4,7-8,10,16H2,1-3H3. The number of sulfonamides is 1. The van der Waals surface area contributed by atoms with Crippen molar-refractivity contribution in [2.45, 2.75) is 37.8 Å². The van der Waals surface area contributed by atoms with E-state index in [0.717, 1.165) is 12.0 Å². The summed E-state index contributed by atoms with van der Waals surface area (Å²) in [5.41, 5.74) is 6.46. The van der Waals surface area contributed by atoms with Crippen molar-refractivity contribution < 1.29 is 13.2 Å². The molecule has 0 amide bonds. The Labute approximate surface area is 135 Å². The van der Waals surface area contributed by atoms with Gasteiger partial charge in [0.1, 0.15) is 0 Å². The Kier molecular flexibility index (Phi) is 7.29. The van der Waals surface area contributed by atoms with E-state index in [4.69, 9.17) is 10.5 Å². The maximum atomic E-state index is 12.9. The van der Waals surface area contributed by atoms with Crippen LogP contribution in [0.1, 0.15) is 25.8 Å². The van der Waals surface area contributed by atoms with Crippen LogP contribution >= 0.6 is 15.9 Å². The molecule has 0 aliphatic heterocycles. The van der Waals surface area contributed by atoms with Crippen molar-refractivity contribution in [3.05, 3.63) is 28.2 Å². The minimum Gasteiger partial charge on any atom is -0.383 e. The van der Waals surface area contributed by atoms with E-state index in [1.165, 1.54) is 4.31 Å². The average Bonchev–Trinajstić information content (AvgIpc) is 2.46. The zero-order valence-corrected chi connectivity index (χ0v) is 15.1. The van der Waals surface area contributed by atoms with E-state index >= 15 is 0 Å². The highest BCUT2D eigenvalue weighted by molar-refractivity contribution is 9.10. The van der Waals surface area contributed by atoms with Crippen molar-refractivity contribution in [1.82, 2.24) is 4.31 Å². The third kappa shape index (κ3) is 4.50. The second kappa shape index (κ2) is 8.24. The highest BCUT2D eigenvalue weighted by Gasteiger charge is 2.29. The summed E-state index contributed by atoms with van der Waals surface area (Å²) in [6.07, 6.45) is 0.738. The normalized spacial score (nSPS) is 13.6. The van der Waals surface area contributed by atoms with Gasteiger partial charge in [-0.2, -0.15) is 4.31 Å². The summed E-state index contributed by atoms with van der Waals surface area (Å²) in [5, 5.41) is 0. The number of hydrogen-bond acceptors (Lipinski definition) is 4. The van der Waals surface area contributed by atoms with Crippen LogP contribution in [0.15, 0.2) is 27.6 Å². The van der Waals surface area contributed by atoms with Crippen molar-refractivity contribution in [2.24, 2.45) is 5.73 Å². The van der Waals surface area contributed by atoms with Crippen molar-refractivity contribution in [2.75, 3.05) is 20.3 Å². The number of nitrogens with zero attached hydrogens (tertiary/aromatic N) is 1. The van der Waals surface area contributed by atoms with E-state index in [2.05, 4.69) is 15.9 Å². The van der Waals surface area contributed by atoms with E-state index in [-0.39, 0.29) is 10.9 Å². The molecule has 120 valence electrons. The van der Waals surface area contributed by atoms with Crippen LogP contribution in [0.4, 0.5) is 0 Å². The zero-order valence-electron chi connectivity index (χ0n) is 12.7. The first kappa shape index (κ1) is 18.6. The molecule has 0 heterocycles. The summed E-state index contributed by atoms with van der Waals surface area (Å²) >= 11 is 3.34. The molecule has 0 saturated heterocycles. The first-order chi connectivity index (χ1) is 9.88. The lowest BCUT2D eigenvalue weighted by molar-refractivity contribution is 0.167. The van der Waals surface area contributed by atoms with Crippen LogP contribution in [-0.2, 0) is 21.3 Å². The summed E-state index contributed by atoms with van der Waals surface area (Å²) in [4.78, 5) is 0.260. The van der Waals surface area contributed by atoms with Gasteiger partial charge in [-0.15, -0.1) is 0 Å². The highest BCUT2D eigenvalue weighted by atomic mass is 79.9. The van der Waals surface area contributed by atoms with Gasteiger partial charge in [0.25, 0.3) is 0 Å². The molecule has 0 aliphatic carbocycles.